The Morgan fingerprint density at radius 2 is 1.75 bits per heavy atom. The van der Waals surface area contributed by atoms with Crippen molar-refractivity contribution in [1.82, 2.24) is 0 Å². The van der Waals surface area contributed by atoms with Crippen molar-refractivity contribution in [2.75, 3.05) is 10.6 Å². The molecule has 1 amide bonds. The Morgan fingerprint density at radius 1 is 1.00 bits per heavy atom. The number of rotatable bonds is 5. The van der Waals surface area contributed by atoms with Crippen molar-refractivity contribution >= 4 is 17.3 Å². The van der Waals surface area contributed by atoms with Crippen LogP contribution in [0.5, 0.6) is 0 Å². The van der Waals surface area contributed by atoms with Crippen LogP contribution < -0.4 is 10.6 Å². The Balaban J connectivity index is 1.67. The molecule has 0 spiro atoms. The van der Waals surface area contributed by atoms with Crippen LogP contribution in [0.25, 0.3) is 0 Å². The fraction of sp³-hybridized carbons (Fsp3) is 0.381. The Hall–Kier alpha value is -2.29. The van der Waals surface area contributed by atoms with Gasteiger partial charge in [-0.2, -0.15) is 0 Å². The monoisotopic (exact) mass is 322 g/mol. The molecule has 0 aromatic heterocycles. The number of amides is 1. The zero-order valence-corrected chi connectivity index (χ0v) is 14.7. The predicted molar refractivity (Wildman–Crippen MR) is 101 cm³/mol. The number of nitrogens with one attached hydrogen (secondary N) is 2. The second-order valence-electron chi connectivity index (χ2n) is 6.93. The molecule has 24 heavy (non-hydrogen) atoms. The number of benzene rings is 2. The summed E-state index contributed by atoms with van der Waals surface area (Å²) in [5.41, 5.74) is 5.95. The highest BCUT2D eigenvalue weighted by Gasteiger charge is 2.17. The van der Waals surface area contributed by atoms with Crippen LogP contribution in [0.2, 0.25) is 0 Å². The Morgan fingerprint density at radius 3 is 2.54 bits per heavy atom. The van der Waals surface area contributed by atoms with Crippen LogP contribution in [-0.4, -0.2) is 11.9 Å². The van der Waals surface area contributed by atoms with E-state index in [1.54, 1.807) is 0 Å². The molecule has 3 rings (SSSR count). The number of anilines is 2. The van der Waals surface area contributed by atoms with Gasteiger partial charge in [-0.1, -0.05) is 38.1 Å². The van der Waals surface area contributed by atoms with E-state index in [-0.39, 0.29) is 11.9 Å². The van der Waals surface area contributed by atoms with E-state index in [0.717, 1.165) is 23.4 Å². The zero-order valence-electron chi connectivity index (χ0n) is 14.7. The molecule has 0 saturated carbocycles. The predicted octanol–water partition coefficient (Wildman–Crippen LogP) is 4.74. The summed E-state index contributed by atoms with van der Waals surface area (Å²) < 4.78 is 0. The summed E-state index contributed by atoms with van der Waals surface area (Å²) in [6, 6.07) is 14.2. The molecule has 0 saturated heterocycles. The van der Waals surface area contributed by atoms with Crippen LogP contribution in [0.4, 0.5) is 11.4 Å². The van der Waals surface area contributed by atoms with E-state index in [4.69, 9.17) is 0 Å². The first-order valence-electron chi connectivity index (χ1n) is 8.82. The molecule has 2 N–H and O–H groups in total. The van der Waals surface area contributed by atoms with Crippen LogP contribution in [0, 0.1) is 0 Å². The van der Waals surface area contributed by atoms with Gasteiger partial charge in [0, 0.05) is 11.4 Å². The van der Waals surface area contributed by atoms with Crippen molar-refractivity contribution in [3.8, 4) is 0 Å². The minimum Gasteiger partial charge on any atom is -0.374 e. The molecule has 1 unspecified atom stereocenters. The molecule has 0 fully saturated rings. The van der Waals surface area contributed by atoms with Gasteiger partial charge in [0.25, 0.3) is 0 Å². The molecule has 0 bridgehead atoms. The van der Waals surface area contributed by atoms with Gasteiger partial charge in [0.2, 0.25) is 5.91 Å². The van der Waals surface area contributed by atoms with Gasteiger partial charge in [0.15, 0.2) is 0 Å². The lowest BCUT2D eigenvalue weighted by molar-refractivity contribution is -0.116. The first kappa shape index (κ1) is 16.6. The van der Waals surface area contributed by atoms with Gasteiger partial charge in [-0.05, 0) is 67.0 Å². The molecule has 1 aliphatic carbocycles. The summed E-state index contributed by atoms with van der Waals surface area (Å²) in [6.45, 7) is 6.18. The number of fused-ring (bicyclic) bond motifs is 1. The van der Waals surface area contributed by atoms with E-state index >= 15 is 0 Å². The van der Waals surface area contributed by atoms with Gasteiger partial charge in [-0.25, -0.2) is 0 Å². The van der Waals surface area contributed by atoms with E-state index in [9.17, 15) is 4.79 Å². The Kier molecular flexibility index (Phi) is 4.89. The topological polar surface area (TPSA) is 41.1 Å². The molecular weight excluding hydrogens is 296 g/mol. The van der Waals surface area contributed by atoms with Gasteiger partial charge in [0.1, 0.15) is 6.04 Å². The van der Waals surface area contributed by atoms with Gasteiger partial charge in [-0.15, -0.1) is 0 Å². The van der Waals surface area contributed by atoms with Crippen LogP contribution >= 0.6 is 0 Å². The fourth-order valence-electron chi connectivity index (χ4n) is 3.33. The molecule has 126 valence electrons. The molecule has 1 aliphatic rings. The van der Waals surface area contributed by atoms with Gasteiger partial charge in [0.05, 0.1) is 0 Å². The summed E-state index contributed by atoms with van der Waals surface area (Å²) in [5, 5.41) is 6.39. The molecule has 1 atom stereocenters. The third-order valence-corrected chi connectivity index (χ3v) is 4.72. The highest BCUT2D eigenvalue weighted by atomic mass is 16.2. The number of para-hydroxylation sites is 1. The lowest BCUT2D eigenvalue weighted by Gasteiger charge is -2.18. The van der Waals surface area contributed by atoms with Crippen LogP contribution in [-0.2, 0) is 17.6 Å². The van der Waals surface area contributed by atoms with Gasteiger partial charge in [-0.3, -0.25) is 4.79 Å². The third-order valence-electron chi connectivity index (χ3n) is 4.72. The SMILES string of the molecule is CC(Nc1ccc2c(c1)CCC2)C(=O)Nc1ccccc1C(C)C. The van der Waals surface area contributed by atoms with E-state index < -0.39 is 0 Å². The highest BCUT2D eigenvalue weighted by Crippen LogP contribution is 2.26. The fourth-order valence-corrected chi connectivity index (χ4v) is 3.33. The standard InChI is InChI=1S/C21H26N2O/c1-14(2)19-9-4-5-10-20(19)23-21(24)15(3)22-18-12-11-16-7-6-8-17(16)13-18/h4-5,9-15,22H,6-8H2,1-3H3,(H,23,24). The van der Waals surface area contributed by atoms with E-state index in [1.807, 2.05) is 25.1 Å². The maximum Gasteiger partial charge on any atom is 0.246 e. The highest BCUT2D eigenvalue weighted by molar-refractivity contribution is 5.96. The summed E-state index contributed by atoms with van der Waals surface area (Å²) in [6.07, 6.45) is 3.56. The number of carbonyl (C=O) groups is 1. The smallest absolute Gasteiger partial charge is 0.246 e. The average Bonchev–Trinajstić information content (AvgIpc) is 3.02. The van der Waals surface area contributed by atoms with Crippen LogP contribution in [0.15, 0.2) is 42.5 Å². The third kappa shape index (κ3) is 3.61. The van der Waals surface area contributed by atoms with Crippen LogP contribution in [0.3, 0.4) is 0 Å². The van der Waals surface area contributed by atoms with Crippen molar-refractivity contribution in [2.45, 2.75) is 52.0 Å². The number of hydrogen-bond donors (Lipinski definition) is 2. The summed E-state index contributed by atoms with van der Waals surface area (Å²) in [7, 11) is 0. The molecule has 3 heteroatoms. The lowest BCUT2D eigenvalue weighted by Crippen LogP contribution is -2.32. The van der Waals surface area contributed by atoms with Gasteiger partial charge < -0.3 is 10.6 Å². The molecule has 0 aliphatic heterocycles. The number of hydrogen-bond acceptors (Lipinski definition) is 2. The molecular formula is C21H26N2O. The maximum absolute atomic E-state index is 12.6. The maximum atomic E-state index is 12.6. The largest absolute Gasteiger partial charge is 0.374 e. The second-order valence-corrected chi connectivity index (χ2v) is 6.93. The van der Waals surface area contributed by atoms with Crippen molar-refractivity contribution in [3.05, 3.63) is 59.2 Å². The van der Waals surface area contributed by atoms with E-state index in [1.165, 1.54) is 24.0 Å². The van der Waals surface area contributed by atoms with Crippen molar-refractivity contribution < 1.29 is 4.79 Å². The molecule has 0 heterocycles. The first-order chi connectivity index (χ1) is 11.5. The van der Waals surface area contributed by atoms with Crippen molar-refractivity contribution in [2.24, 2.45) is 0 Å². The number of carbonyl (C=O) groups excluding carboxylic acids is 1. The average molecular weight is 322 g/mol. The van der Waals surface area contributed by atoms with Gasteiger partial charge >= 0.3 is 0 Å². The normalized spacial score (nSPS) is 14.3. The first-order valence-corrected chi connectivity index (χ1v) is 8.82. The van der Waals surface area contributed by atoms with E-state index in [2.05, 4.69) is 48.7 Å². The van der Waals surface area contributed by atoms with Crippen molar-refractivity contribution in [1.29, 1.82) is 0 Å². The lowest BCUT2D eigenvalue weighted by atomic mass is 10.0. The molecule has 2 aromatic carbocycles. The quantitative estimate of drug-likeness (QED) is 0.835. The molecule has 0 radical (unpaired) electrons. The Bertz CT molecular complexity index is 736. The molecule has 3 nitrogen and oxygen atoms in total. The van der Waals surface area contributed by atoms with Crippen molar-refractivity contribution in [3.63, 3.8) is 0 Å². The summed E-state index contributed by atoms with van der Waals surface area (Å²) in [5.74, 6) is 0.366. The molecule has 2 aromatic rings. The van der Waals surface area contributed by atoms with Crippen LogP contribution in [0.1, 0.15) is 49.8 Å². The summed E-state index contributed by atoms with van der Waals surface area (Å²) in [4.78, 5) is 12.6. The minimum atomic E-state index is -0.287. The summed E-state index contributed by atoms with van der Waals surface area (Å²) >= 11 is 0. The number of aryl methyl sites for hydroxylation is 2. The minimum absolute atomic E-state index is 0.0106. The van der Waals surface area contributed by atoms with E-state index in [0.29, 0.717) is 5.92 Å². The zero-order chi connectivity index (χ0) is 17.1. The Labute approximate surface area is 144 Å². The second kappa shape index (κ2) is 7.08.